The molecule has 1 saturated heterocycles. The molecule has 1 heterocycles. The van der Waals surface area contributed by atoms with Crippen molar-refractivity contribution >= 4 is 11.8 Å². The van der Waals surface area contributed by atoms with Gasteiger partial charge in [-0.25, -0.2) is 0 Å². The maximum Gasteiger partial charge on any atom is 0.225 e. The Kier molecular flexibility index (Phi) is 4.99. The zero-order valence-electron chi connectivity index (χ0n) is 14.8. The van der Waals surface area contributed by atoms with Crippen LogP contribution in [0, 0.1) is 11.3 Å². The van der Waals surface area contributed by atoms with Gasteiger partial charge in [0, 0.05) is 25.4 Å². The zero-order chi connectivity index (χ0) is 18.0. The Morgan fingerprint density at radius 2 is 2.04 bits per heavy atom. The average Bonchev–Trinajstić information content (AvgIpc) is 3.42. The van der Waals surface area contributed by atoms with Crippen molar-refractivity contribution in [2.45, 2.75) is 31.7 Å². The zero-order valence-corrected chi connectivity index (χ0v) is 14.8. The first kappa shape index (κ1) is 17.7. The van der Waals surface area contributed by atoms with Gasteiger partial charge in [0.15, 0.2) is 0 Å². The van der Waals surface area contributed by atoms with E-state index in [1.807, 2.05) is 24.3 Å². The third-order valence-electron chi connectivity index (χ3n) is 5.59. The molecule has 2 fully saturated rings. The molecule has 1 aromatic carbocycles. The lowest BCUT2D eigenvalue weighted by Crippen LogP contribution is -2.47. The van der Waals surface area contributed by atoms with Crippen LogP contribution in [0.25, 0.3) is 0 Å². The number of aliphatic hydroxyl groups excluding tert-OH is 1. The Labute approximate surface area is 148 Å². The first-order valence-electron chi connectivity index (χ1n) is 8.78. The lowest BCUT2D eigenvalue weighted by atomic mass is 9.84. The van der Waals surface area contributed by atoms with Crippen LogP contribution in [0.15, 0.2) is 24.3 Å². The molecule has 0 radical (unpaired) electrons. The number of hydrogen-bond donors (Lipinski definition) is 2. The molecule has 6 heteroatoms. The molecule has 1 aromatic rings. The van der Waals surface area contributed by atoms with Crippen molar-refractivity contribution in [2.75, 3.05) is 27.3 Å². The molecule has 0 spiro atoms. The number of benzene rings is 1. The summed E-state index contributed by atoms with van der Waals surface area (Å²) in [5.74, 6) is 0.470. The quantitative estimate of drug-likeness (QED) is 0.818. The number of rotatable bonds is 6. The fraction of sp³-hybridized carbons (Fsp3) is 0.579. The van der Waals surface area contributed by atoms with Crippen LogP contribution in [-0.4, -0.2) is 49.1 Å². The van der Waals surface area contributed by atoms with Crippen molar-refractivity contribution < 1.29 is 19.4 Å². The van der Waals surface area contributed by atoms with Gasteiger partial charge in [-0.1, -0.05) is 12.1 Å². The Hall–Kier alpha value is -2.08. The molecule has 0 aromatic heterocycles. The number of nitrogens with one attached hydrogen (secondary N) is 1. The van der Waals surface area contributed by atoms with Crippen LogP contribution in [0.4, 0.5) is 0 Å². The van der Waals surface area contributed by atoms with E-state index in [1.54, 1.807) is 19.1 Å². The molecule has 1 saturated carbocycles. The summed E-state index contributed by atoms with van der Waals surface area (Å²) in [5.41, 5.74) is 0.807. The Balaban J connectivity index is 1.77. The normalized spacial score (nSPS) is 24.8. The average molecular weight is 346 g/mol. The molecule has 1 aliphatic heterocycles. The van der Waals surface area contributed by atoms with Crippen molar-refractivity contribution in [3.63, 3.8) is 0 Å². The molecule has 136 valence electrons. The van der Waals surface area contributed by atoms with Gasteiger partial charge in [-0.2, -0.15) is 0 Å². The van der Waals surface area contributed by atoms with Crippen LogP contribution in [-0.2, 0) is 9.59 Å². The summed E-state index contributed by atoms with van der Waals surface area (Å²) in [6, 6.07) is 7.24. The fourth-order valence-electron chi connectivity index (χ4n) is 3.54. The van der Waals surface area contributed by atoms with E-state index in [0.29, 0.717) is 19.4 Å². The molecule has 0 bridgehead atoms. The van der Waals surface area contributed by atoms with Crippen LogP contribution in [0.5, 0.6) is 5.75 Å². The lowest BCUT2D eigenvalue weighted by Gasteiger charge is -2.38. The number of aliphatic hydroxyl groups is 1. The number of amides is 2. The predicted octanol–water partition coefficient (Wildman–Crippen LogP) is 1.49. The summed E-state index contributed by atoms with van der Waals surface area (Å²) in [5, 5.41) is 12.4. The van der Waals surface area contributed by atoms with Crippen molar-refractivity contribution in [2.24, 2.45) is 11.3 Å². The van der Waals surface area contributed by atoms with Crippen LogP contribution >= 0.6 is 0 Å². The van der Waals surface area contributed by atoms with Gasteiger partial charge in [0.25, 0.3) is 0 Å². The minimum absolute atomic E-state index is 0.0418. The highest BCUT2D eigenvalue weighted by Crippen LogP contribution is 2.44. The smallest absolute Gasteiger partial charge is 0.225 e. The van der Waals surface area contributed by atoms with Crippen LogP contribution in [0.1, 0.15) is 37.3 Å². The molecule has 25 heavy (non-hydrogen) atoms. The van der Waals surface area contributed by atoms with E-state index in [4.69, 9.17) is 4.74 Å². The minimum atomic E-state index is -0.286. The van der Waals surface area contributed by atoms with Gasteiger partial charge in [0.1, 0.15) is 5.75 Å². The summed E-state index contributed by atoms with van der Waals surface area (Å²) in [4.78, 5) is 26.6. The maximum atomic E-state index is 12.8. The largest absolute Gasteiger partial charge is 0.497 e. The van der Waals surface area contributed by atoms with Crippen molar-refractivity contribution in [3.05, 3.63) is 29.8 Å². The van der Waals surface area contributed by atoms with Crippen LogP contribution in [0.3, 0.4) is 0 Å². The molecule has 6 nitrogen and oxygen atoms in total. The Morgan fingerprint density at radius 3 is 2.60 bits per heavy atom. The number of hydrogen-bond acceptors (Lipinski definition) is 4. The summed E-state index contributed by atoms with van der Waals surface area (Å²) in [6.45, 7) is 0.615. The van der Waals surface area contributed by atoms with Gasteiger partial charge in [-0.15, -0.1) is 0 Å². The monoisotopic (exact) mass is 346 g/mol. The molecule has 2 N–H and O–H groups in total. The van der Waals surface area contributed by atoms with E-state index < -0.39 is 0 Å². The summed E-state index contributed by atoms with van der Waals surface area (Å²) in [6.07, 6.45) is 2.83. The second-order valence-corrected chi connectivity index (χ2v) is 7.24. The number of carbonyl (C=O) groups excluding carboxylic acids is 2. The number of ether oxygens (including phenoxy) is 1. The van der Waals surface area contributed by atoms with E-state index in [1.165, 1.54) is 0 Å². The highest BCUT2D eigenvalue weighted by atomic mass is 16.5. The number of nitrogens with zero attached hydrogens (tertiary/aromatic N) is 1. The van der Waals surface area contributed by atoms with Crippen molar-refractivity contribution in [1.82, 2.24) is 10.2 Å². The minimum Gasteiger partial charge on any atom is -0.497 e. The Bertz CT molecular complexity index is 639. The topological polar surface area (TPSA) is 78.9 Å². The summed E-state index contributed by atoms with van der Waals surface area (Å²) in [7, 11) is 3.36. The van der Waals surface area contributed by atoms with E-state index in [-0.39, 0.29) is 35.8 Å². The van der Waals surface area contributed by atoms with E-state index in [9.17, 15) is 14.7 Å². The number of likely N-dealkylation sites (tertiary alicyclic amines) is 1. The van der Waals surface area contributed by atoms with E-state index in [0.717, 1.165) is 24.2 Å². The summed E-state index contributed by atoms with van der Waals surface area (Å²) < 4.78 is 5.19. The third kappa shape index (κ3) is 3.63. The molecule has 1 aliphatic carbocycles. The number of piperidine rings is 1. The molecule has 2 atom stereocenters. The standard InChI is InChI=1S/C19H26N2O4/c1-21-16(23)8-7-15(18(24)20-11-19(12-22)9-10-19)17(21)13-3-5-14(25-2)6-4-13/h3-6,15,17,22H,7-12H2,1-2H3,(H,20,24). The van der Waals surface area contributed by atoms with Gasteiger partial charge in [0.05, 0.1) is 25.7 Å². The second kappa shape index (κ2) is 7.04. The maximum absolute atomic E-state index is 12.8. The fourth-order valence-corrected chi connectivity index (χ4v) is 3.54. The highest BCUT2D eigenvalue weighted by Gasteiger charge is 2.44. The highest BCUT2D eigenvalue weighted by molar-refractivity contribution is 5.85. The van der Waals surface area contributed by atoms with Gasteiger partial charge >= 0.3 is 0 Å². The second-order valence-electron chi connectivity index (χ2n) is 7.24. The van der Waals surface area contributed by atoms with Gasteiger partial charge in [0.2, 0.25) is 11.8 Å². The van der Waals surface area contributed by atoms with Crippen molar-refractivity contribution in [1.29, 1.82) is 0 Å². The SMILES string of the molecule is COc1ccc(C2C(C(=O)NCC3(CO)CC3)CCC(=O)N2C)cc1. The third-order valence-corrected chi connectivity index (χ3v) is 5.59. The van der Waals surface area contributed by atoms with Crippen LogP contribution < -0.4 is 10.1 Å². The van der Waals surface area contributed by atoms with E-state index >= 15 is 0 Å². The van der Waals surface area contributed by atoms with Crippen molar-refractivity contribution in [3.8, 4) is 5.75 Å². The molecular weight excluding hydrogens is 320 g/mol. The number of carbonyl (C=O) groups is 2. The first-order valence-corrected chi connectivity index (χ1v) is 8.78. The van der Waals surface area contributed by atoms with Gasteiger partial charge in [-0.3, -0.25) is 9.59 Å². The predicted molar refractivity (Wildman–Crippen MR) is 93.0 cm³/mol. The van der Waals surface area contributed by atoms with Crippen LogP contribution in [0.2, 0.25) is 0 Å². The summed E-state index contributed by atoms with van der Waals surface area (Å²) >= 11 is 0. The number of methoxy groups -OCH3 is 1. The van der Waals surface area contributed by atoms with Gasteiger partial charge in [-0.05, 0) is 37.0 Å². The molecule has 2 unspecified atom stereocenters. The lowest BCUT2D eigenvalue weighted by molar-refractivity contribution is -0.141. The molecular formula is C19H26N2O4. The van der Waals surface area contributed by atoms with E-state index in [2.05, 4.69) is 5.32 Å². The first-order chi connectivity index (χ1) is 12.0. The molecule has 2 aliphatic rings. The molecule has 2 amide bonds. The Morgan fingerprint density at radius 1 is 1.36 bits per heavy atom. The molecule has 3 rings (SSSR count). The van der Waals surface area contributed by atoms with Gasteiger partial charge < -0.3 is 20.1 Å².